The van der Waals surface area contributed by atoms with Gasteiger partial charge in [0.25, 0.3) is 5.69 Å². The molecule has 5 heteroatoms. The molecule has 0 aliphatic heterocycles. The Bertz CT molecular complexity index is 562. The lowest BCUT2D eigenvalue weighted by atomic mass is 10.2. The van der Waals surface area contributed by atoms with Crippen LogP contribution in [0.1, 0.15) is 0 Å². The maximum atomic E-state index is 10.7. The summed E-state index contributed by atoms with van der Waals surface area (Å²) in [6, 6.07) is 8.38. The zero-order valence-electron chi connectivity index (χ0n) is 7.06. The highest BCUT2D eigenvalue weighted by Crippen LogP contribution is 2.22. The highest BCUT2D eigenvalue weighted by atomic mass is 32.1. The van der Waals surface area contributed by atoms with E-state index in [1.54, 1.807) is 24.3 Å². The van der Waals surface area contributed by atoms with Crippen LogP contribution in [0.5, 0.6) is 0 Å². The molecule has 1 aromatic heterocycles. The Morgan fingerprint density at radius 1 is 1.29 bits per heavy atom. The number of para-hydroxylation sites is 1. The van der Waals surface area contributed by atoms with Gasteiger partial charge in [0.2, 0.25) is 0 Å². The molecule has 0 bridgehead atoms. The Labute approximate surface area is 84.3 Å². The van der Waals surface area contributed by atoms with Crippen molar-refractivity contribution < 1.29 is 4.92 Å². The van der Waals surface area contributed by atoms with Crippen molar-refractivity contribution in [3.8, 4) is 0 Å². The number of hydrogen-bond acceptors (Lipinski definition) is 3. The average Bonchev–Trinajstić information content (AvgIpc) is 2.16. The number of nitrogens with zero attached hydrogens (tertiary/aromatic N) is 1. The molecule has 0 saturated carbocycles. The number of nitro groups is 1. The zero-order chi connectivity index (χ0) is 10.1. The van der Waals surface area contributed by atoms with Crippen LogP contribution in [0.2, 0.25) is 0 Å². The van der Waals surface area contributed by atoms with Gasteiger partial charge >= 0.3 is 0 Å². The minimum absolute atomic E-state index is 0.0502. The van der Waals surface area contributed by atoms with Gasteiger partial charge in [-0.2, -0.15) is 0 Å². The molecule has 4 nitrogen and oxygen atoms in total. The van der Waals surface area contributed by atoms with E-state index in [0.29, 0.717) is 10.2 Å². The molecule has 1 aromatic carbocycles. The summed E-state index contributed by atoms with van der Waals surface area (Å²) >= 11 is 4.91. The summed E-state index contributed by atoms with van der Waals surface area (Å²) < 4.78 is 0.492. The van der Waals surface area contributed by atoms with Crippen LogP contribution < -0.4 is 0 Å². The first-order chi connectivity index (χ1) is 6.68. The molecule has 0 unspecified atom stereocenters. The van der Waals surface area contributed by atoms with Crippen LogP contribution in [0.15, 0.2) is 30.3 Å². The van der Waals surface area contributed by atoms with Crippen molar-refractivity contribution in [3.63, 3.8) is 0 Å². The first kappa shape index (κ1) is 8.83. The topological polar surface area (TPSA) is 58.9 Å². The lowest BCUT2D eigenvalue weighted by Crippen LogP contribution is -1.91. The standard InChI is InChI=1S/C9H6N2O2S/c12-11(13)7-3-1-2-6-4-5-8(14)10-9(6)7/h1-5H,(H,10,14). The molecule has 0 fully saturated rings. The number of fused-ring (bicyclic) bond motifs is 1. The Balaban J connectivity index is 2.91. The number of nitrogens with one attached hydrogen (secondary N) is 1. The van der Waals surface area contributed by atoms with Crippen molar-refractivity contribution >= 4 is 28.8 Å². The number of aromatic nitrogens is 1. The quantitative estimate of drug-likeness (QED) is 0.443. The molecule has 0 saturated heterocycles. The van der Waals surface area contributed by atoms with Crippen molar-refractivity contribution in [2.45, 2.75) is 0 Å². The predicted octanol–water partition coefficient (Wildman–Crippen LogP) is 2.81. The SMILES string of the molecule is O=[N+]([O-])c1cccc2ccc(=S)[nH]c12. The molecular weight excluding hydrogens is 200 g/mol. The first-order valence-electron chi connectivity index (χ1n) is 3.95. The molecule has 1 N–H and O–H groups in total. The van der Waals surface area contributed by atoms with Gasteiger partial charge in [0.1, 0.15) is 10.2 Å². The Morgan fingerprint density at radius 2 is 2.07 bits per heavy atom. The fourth-order valence-electron chi connectivity index (χ4n) is 1.32. The summed E-state index contributed by atoms with van der Waals surface area (Å²) in [6.07, 6.45) is 0. The molecule has 0 atom stereocenters. The van der Waals surface area contributed by atoms with E-state index >= 15 is 0 Å². The smallest absolute Gasteiger partial charge is 0.293 e. The van der Waals surface area contributed by atoms with Crippen LogP contribution >= 0.6 is 12.2 Å². The lowest BCUT2D eigenvalue weighted by Gasteiger charge is -1.98. The van der Waals surface area contributed by atoms with E-state index in [9.17, 15) is 10.1 Å². The molecule has 0 spiro atoms. The summed E-state index contributed by atoms with van der Waals surface area (Å²) in [4.78, 5) is 13.1. The first-order valence-corrected chi connectivity index (χ1v) is 4.36. The number of H-pyrrole nitrogens is 1. The summed E-state index contributed by atoms with van der Waals surface area (Å²) in [5, 5.41) is 11.5. The van der Waals surface area contributed by atoms with Gasteiger partial charge in [-0.3, -0.25) is 10.1 Å². The second kappa shape index (κ2) is 3.19. The van der Waals surface area contributed by atoms with Crippen molar-refractivity contribution in [2.75, 3.05) is 0 Å². The fourth-order valence-corrected chi connectivity index (χ4v) is 1.49. The summed E-state index contributed by atoms with van der Waals surface area (Å²) in [7, 11) is 0. The molecule has 0 aliphatic rings. The highest BCUT2D eigenvalue weighted by molar-refractivity contribution is 7.71. The van der Waals surface area contributed by atoms with E-state index in [2.05, 4.69) is 4.98 Å². The lowest BCUT2D eigenvalue weighted by molar-refractivity contribution is -0.383. The molecule has 70 valence electrons. The molecule has 1 heterocycles. The number of aromatic amines is 1. The van der Waals surface area contributed by atoms with Gasteiger partial charge in [-0.1, -0.05) is 24.4 Å². The minimum atomic E-state index is -0.423. The highest BCUT2D eigenvalue weighted by Gasteiger charge is 2.10. The average molecular weight is 206 g/mol. The van der Waals surface area contributed by atoms with E-state index < -0.39 is 4.92 Å². The molecule has 2 rings (SSSR count). The number of rotatable bonds is 1. The summed E-state index contributed by atoms with van der Waals surface area (Å²) in [6.45, 7) is 0. The van der Waals surface area contributed by atoms with Gasteiger partial charge in [-0.05, 0) is 12.1 Å². The monoisotopic (exact) mass is 206 g/mol. The summed E-state index contributed by atoms with van der Waals surface area (Å²) in [5.41, 5.74) is 0.527. The van der Waals surface area contributed by atoms with Gasteiger partial charge in [-0.15, -0.1) is 0 Å². The van der Waals surface area contributed by atoms with Crippen molar-refractivity contribution in [1.29, 1.82) is 0 Å². The van der Waals surface area contributed by atoms with E-state index in [4.69, 9.17) is 12.2 Å². The fraction of sp³-hybridized carbons (Fsp3) is 0. The van der Waals surface area contributed by atoms with Gasteiger partial charge in [0.05, 0.1) is 4.92 Å². The Kier molecular flexibility index (Phi) is 2.01. The molecule has 0 radical (unpaired) electrons. The molecule has 14 heavy (non-hydrogen) atoms. The number of pyridine rings is 1. The van der Waals surface area contributed by atoms with E-state index in [1.165, 1.54) is 6.07 Å². The van der Waals surface area contributed by atoms with Crippen LogP contribution in [-0.2, 0) is 0 Å². The largest absolute Gasteiger partial charge is 0.340 e. The number of non-ortho nitro benzene ring substituents is 1. The van der Waals surface area contributed by atoms with Gasteiger partial charge in [0.15, 0.2) is 0 Å². The maximum Gasteiger partial charge on any atom is 0.293 e. The second-order valence-electron chi connectivity index (χ2n) is 2.82. The Morgan fingerprint density at radius 3 is 2.79 bits per heavy atom. The molecule has 2 aromatic rings. The van der Waals surface area contributed by atoms with E-state index in [1.807, 2.05) is 0 Å². The van der Waals surface area contributed by atoms with Gasteiger partial charge < -0.3 is 4.98 Å². The van der Waals surface area contributed by atoms with Crippen LogP contribution in [0.3, 0.4) is 0 Å². The van der Waals surface area contributed by atoms with Crippen molar-refractivity contribution in [1.82, 2.24) is 4.98 Å². The Hall–Kier alpha value is -1.75. The molecule has 0 aliphatic carbocycles. The van der Waals surface area contributed by atoms with Crippen LogP contribution in [-0.4, -0.2) is 9.91 Å². The van der Waals surface area contributed by atoms with Crippen LogP contribution in [0.4, 0.5) is 5.69 Å². The maximum absolute atomic E-state index is 10.7. The summed E-state index contributed by atoms with van der Waals surface area (Å²) in [5.74, 6) is 0. The van der Waals surface area contributed by atoms with Gasteiger partial charge in [-0.25, -0.2) is 0 Å². The van der Waals surface area contributed by atoms with E-state index in [0.717, 1.165) is 5.39 Å². The minimum Gasteiger partial charge on any atom is -0.340 e. The number of hydrogen-bond donors (Lipinski definition) is 1. The predicted molar refractivity (Wildman–Crippen MR) is 55.8 cm³/mol. The third kappa shape index (κ3) is 1.38. The van der Waals surface area contributed by atoms with Crippen molar-refractivity contribution in [2.24, 2.45) is 0 Å². The van der Waals surface area contributed by atoms with Crippen molar-refractivity contribution in [3.05, 3.63) is 45.1 Å². The number of benzene rings is 1. The van der Waals surface area contributed by atoms with Gasteiger partial charge in [0, 0.05) is 11.5 Å². The third-order valence-electron chi connectivity index (χ3n) is 1.93. The zero-order valence-corrected chi connectivity index (χ0v) is 7.88. The normalized spacial score (nSPS) is 10.3. The van der Waals surface area contributed by atoms with E-state index in [-0.39, 0.29) is 5.69 Å². The third-order valence-corrected chi connectivity index (χ3v) is 2.17. The molecule has 0 amide bonds. The van der Waals surface area contributed by atoms with Crippen LogP contribution in [0, 0.1) is 14.8 Å². The molecular formula is C9H6N2O2S. The van der Waals surface area contributed by atoms with Crippen LogP contribution in [0.25, 0.3) is 10.9 Å². The number of nitro benzene ring substituents is 1. The second-order valence-corrected chi connectivity index (χ2v) is 3.26.